The third kappa shape index (κ3) is 4.63. The van der Waals surface area contributed by atoms with Crippen LogP contribution in [-0.4, -0.2) is 75.4 Å². The zero-order valence-electron chi connectivity index (χ0n) is 15.6. The third-order valence-electron chi connectivity index (χ3n) is 4.57. The van der Waals surface area contributed by atoms with Gasteiger partial charge in [-0.05, 0) is 18.2 Å². The number of benzene rings is 1. The molecule has 1 saturated heterocycles. The Kier molecular flexibility index (Phi) is 7.06. The highest BCUT2D eigenvalue weighted by Crippen LogP contribution is 2.26. The van der Waals surface area contributed by atoms with Gasteiger partial charge in [0.25, 0.3) is 10.2 Å². The first-order chi connectivity index (χ1) is 12.0. The quantitative estimate of drug-likeness (QED) is 0.691. The van der Waals surface area contributed by atoms with Gasteiger partial charge in [-0.2, -0.15) is 17.0 Å². The first kappa shape index (κ1) is 20.0. The van der Waals surface area contributed by atoms with Gasteiger partial charge in [-0.3, -0.25) is 4.90 Å². The minimum atomic E-state index is -3.35. The molecule has 2 rings (SSSR count). The molecule has 0 atom stereocenters. The van der Waals surface area contributed by atoms with E-state index in [4.69, 9.17) is 9.47 Å². The summed E-state index contributed by atoms with van der Waals surface area (Å²) in [6.45, 7) is 7.84. The maximum Gasteiger partial charge on any atom is 0.282 e. The summed E-state index contributed by atoms with van der Waals surface area (Å²) in [6.07, 6.45) is 0. The summed E-state index contributed by atoms with van der Waals surface area (Å²) in [5.74, 6) is 1.61. The SMILES string of the molecule is CCN(CC)S(=O)(=O)N1CCN(Cc2cc(OC)ccc2OC)CC1. The van der Waals surface area contributed by atoms with Crippen LogP contribution in [-0.2, 0) is 16.8 Å². The van der Waals surface area contributed by atoms with E-state index in [0.717, 1.165) is 17.1 Å². The predicted octanol–water partition coefficient (Wildman–Crippen LogP) is 1.41. The minimum absolute atomic E-state index is 0.500. The van der Waals surface area contributed by atoms with E-state index in [9.17, 15) is 8.42 Å². The number of rotatable bonds is 8. The smallest absolute Gasteiger partial charge is 0.282 e. The highest BCUT2D eigenvalue weighted by molar-refractivity contribution is 7.86. The van der Waals surface area contributed by atoms with Gasteiger partial charge in [0, 0.05) is 51.4 Å². The molecule has 25 heavy (non-hydrogen) atoms. The number of piperazine rings is 1. The van der Waals surface area contributed by atoms with E-state index < -0.39 is 10.2 Å². The molecule has 8 heteroatoms. The number of nitrogens with zero attached hydrogens (tertiary/aromatic N) is 3. The molecule has 1 aromatic carbocycles. The lowest BCUT2D eigenvalue weighted by Crippen LogP contribution is -2.52. The van der Waals surface area contributed by atoms with Gasteiger partial charge in [-0.1, -0.05) is 13.8 Å². The average Bonchev–Trinajstić information content (AvgIpc) is 2.63. The Morgan fingerprint density at radius 3 is 2.20 bits per heavy atom. The Hall–Kier alpha value is -1.35. The van der Waals surface area contributed by atoms with E-state index in [1.165, 1.54) is 4.31 Å². The summed E-state index contributed by atoms with van der Waals surface area (Å²) in [5, 5.41) is 0. The van der Waals surface area contributed by atoms with E-state index in [-0.39, 0.29) is 0 Å². The fourth-order valence-electron chi connectivity index (χ4n) is 3.08. The summed E-state index contributed by atoms with van der Waals surface area (Å²) in [7, 11) is -0.0547. The minimum Gasteiger partial charge on any atom is -0.497 e. The van der Waals surface area contributed by atoms with Crippen LogP contribution in [0.4, 0.5) is 0 Å². The van der Waals surface area contributed by atoms with Crippen molar-refractivity contribution in [3.05, 3.63) is 23.8 Å². The summed E-state index contributed by atoms with van der Waals surface area (Å²) in [4.78, 5) is 2.24. The number of hydrogen-bond donors (Lipinski definition) is 0. The van der Waals surface area contributed by atoms with Crippen molar-refractivity contribution in [2.75, 3.05) is 53.5 Å². The molecule has 0 N–H and O–H groups in total. The lowest BCUT2D eigenvalue weighted by molar-refractivity contribution is 0.173. The summed E-state index contributed by atoms with van der Waals surface area (Å²) in [6, 6.07) is 5.74. The van der Waals surface area contributed by atoms with Gasteiger partial charge < -0.3 is 9.47 Å². The monoisotopic (exact) mass is 371 g/mol. The highest BCUT2D eigenvalue weighted by Gasteiger charge is 2.30. The van der Waals surface area contributed by atoms with Gasteiger partial charge in [0.15, 0.2) is 0 Å². The molecule has 1 fully saturated rings. The maximum atomic E-state index is 12.6. The topological polar surface area (TPSA) is 62.3 Å². The average molecular weight is 372 g/mol. The molecule has 0 radical (unpaired) electrons. The van der Waals surface area contributed by atoms with Crippen LogP contribution in [0.1, 0.15) is 19.4 Å². The van der Waals surface area contributed by atoms with Gasteiger partial charge in [0.05, 0.1) is 14.2 Å². The normalized spacial score (nSPS) is 17.0. The van der Waals surface area contributed by atoms with E-state index >= 15 is 0 Å². The zero-order valence-corrected chi connectivity index (χ0v) is 16.4. The van der Waals surface area contributed by atoms with E-state index in [0.29, 0.717) is 45.8 Å². The second-order valence-corrected chi connectivity index (χ2v) is 7.87. The van der Waals surface area contributed by atoms with Crippen molar-refractivity contribution in [3.8, 4) is 11.5 Å². The van der Waals surface area contributed by atoms with Crippen molar-refractivity contribution in [1.82, 2.24) is 13.5 Å². The standard InChI is InChI=1S/C17H29N3O4S/c1-5-19(6-2)25(21,22)20-11-9-18(10-12-20)14-15-13-16(23-3)7-8-17(15)24-4/h7-8,13H,5-6,9-12,14H2,1-4H3. The van der Waals surface area contributed by atoms with Crippen LogP contribution in [0.5, 0.6) is 11.5 Å². The summed E-state index contributed by atoms with van der Waals surface area (Å²) in [5.41, 5.74) is 1.04. The van der Waals surface area contributed by atoms with Gasteiger partial charge in [0.2, 0.25) is 0 Å². The molecular formula is C17H29N3O4S. The molecule has 0 aliphatic carbocycles. The Morgan fingerprint density at radius 1 is 1.04 bits per heavy atom. The van der Waals surface area contributed by atoms with Crippen molar-refractivity contribution >= 4 is 10.2 Å². The van der Waals surface area contributed by atoms with Crippen LogP contribution in [0.2, 0.25) is 0 Å². The molecular weight excluding hydrogens is 342 g/mol. The van der Waals surface area contributed by atoms with E-state index in [1.54, 1.807) is 18.5 Å². The lowest BCUT2D eigenvalue weighted by Gasteiger charge is -2.36. The molecule has 0 bridgehead atoms. The molecule has 1 aliphatic rings. The number of hydrogen-bond acceptors (Lipinski definition) is 5. The highest BCUT2D eigenvalue weighted by atomic mass is 32.2. The van der Waals surface area contributed by atoms with Gasteiger partial charge in [0.1, 0.15) is 11.5 Å². The van der Waals surface area contributed by atoms with Gasteiger partial charge >= 0.3 is 0 Å². The van der Waals surface area contributed by atoms with Gasteiger partial charge in [-0.25, -0.2) is 0 Å². The van der Waals surface area contributed by atoms with Crippen molar-refractivity contribution in [2.24, 2.45) is 0 Å². The van der Waals surface area contributed by atoms with Crippen molar-refractivity contribution in [3.63, 3.8) is 0 Å². The molecule has 1 aliphatic heterocycles. The fraction of sp³-hybridized carbons (Fsp3) is 0.647. The molecule has 0 amide bonds. The second kappa shape index (κ2) is 8.84. The van der Waals surface area contributed by atoms with E-state index in [1.807, 2.05) is 32.0 Å². The molecule has 1 aromatic rings. The van der Waals surface area contributed by atoms with Crippen molar-refractivity contribution in [1.29, 1.82) is 0 Å². The molecule has 1 heterocycles. The Balaban J connectivity index is 2.01. The third-order valence-corrected chi connectivity index (χ3v) is 6.76. The van der Waals surface area contributed by atoms with E-state index in [2.05, 4.69) is 4.90 Å². The fourth-order valence-corrected chi connectivity index (χ4v) is 4.68. The largest absolute Gasteiger partial charge is 0.497 e. The number of methoxy groups -OCH3 is 2. The lowest BCUT2D eigenvalue weighted by atomic mass is 10.1. The number of ether oxygens (including phenoxy) is 2. The van der Waals surface area contributed by atoms with Crippen LogP contribution < -0.4 is 9.47 Å². The molecule has 0 aromatic heterocycles. The first-order valence-corrected chi connectivity index (χ1v) is 10.0. The van der Waals surface area contributed by atoms with Crippen LogP contribution in [0.25, 0.3) is 0 Å². The first-order valence-electron chi connectivity index (χ1n) is 8.64. The van der Waals surface area contributed by atoms with Crippen molar-refractivity contribution < 1.29 is 17.9 Å². The Bertz CT molecular complexity index is 654. The Labute approximate surface area is 151 Å². The van der Waals surface area contributed by atoms with Crippen LogP contribution in [0.3, 0.4) is 0 Å². The Morgan fingerprint density at radius 2 is 1.68 bits per heavy atom. The van der Waals surface area contributed by atoms with Gasteiger partial charge in [-0.15, -0.1) is 0 Å². The van der Waals surface area contributed by atoms with Crippen LogP contribution in [0.15, 0.2) is 18.2 Å². The van der Waals surface area contributed by atoms with Crippen molar-refractivity contribution in [2.45, 2.75) is 20.4 Å². The van der Waals surface area contributed by atoms with Crippen LogP contribution in [0, 0.1) is 0 Å². The molecule has 0 unspecified atom stereocenters. The summed E-state index contributed by atoms with van der Waals surface area (Å²) < 4.78 is 39.0. The molecule has 142 valence electrons. The maximum absolute atomic E-state index is 12.6. The zero-order chi connectivity index (χ0) is 18.4. The van der Waals surface area contributed by atoms with Crippen LogP contribution >= 0.6 is 0 Å². The second-order valence-electron chi connectivity index (χ2n) is 5.95. The molecule has 0 saturated carbocycles. The molecule has 0 spiro atoms. The summed E-state index contributed by atoms with van der Waals surface area (Å²) >= 11 is 0. The predicted molar refractivity (Wildman–Crippen MR) is 98.2 cm³/mol. The molecule has 7 nitrogen and oxygen atoms in total.